The van der Waals surface area contributed by atoms with Gasteiger partial charge in [0.15, 0.2) is 8.32 Å². The molecule has 0 spiro atoms. The molecule has 8 atom stereocenters. The molecule has 4 aliphatic carbocycles. The molecule has 2 amide bonds. The summed E-state index contributed by atoms with van der Waals surface area (Å²) in [6, 6.07) is 0. The number of fused-ring (bicyclic) bond motifs is 5. The van der Waals surface area contributed by atoms with Crippen molar-refractivity contribution in [3.63, 3.8) is 0 Å². The minimum absolute atomic E-state index is 0.203. The molecule has 9 heteroatoms. The van der Waals surface area contributed by atoms with Gasteiger partial charge in [-0.05, 0) is 138 Å². The average Bonchev–Trinajstić information content (AvgIpc) is 3.30. The third-order valence-corrected chi connectivity index (χ3v) is 18.0. The maximum atomic E-state index is 12.8. The lowest BCUT2D eigenvalue weighted by atomic mass is 9.44. The number of amides is 2. The Bertz CT molecular complexity index is 1140. The molecule has 4 fully saturated rings. The molecule has 4 rings (SSSR count). The monoisotopic (exact) mass is 661 g/mol. The molecule has 264 valence electrons. The van der Waals surface area contributed by atoms with E-state index in [-0.39, 0.29) is 10.5 Å². The zero-order valence-electron chi connectivity index (χ0n) is 31.6. The van der Waals surface area contributed by atoms with Crippen molar-refractivity contribution in [2.75, 3.05) is 27.2 Å². The molecule has 0 aromatic carbocycles. The Hall–Kier alpha value is -1.61. The molecule has 4 saturated carbocycles. The Morgan fingerprint density at radius 3 is 2.02 bits per heavy atom. The maximum Gasteiger partial charge on any atom is 0.435 e. The van der Waals surface area contributed by atoms with Gasteiger partial charge in [0.25, 0.3) is 0 Å². The number of likely N-dealkylation sites (N-methyl/N-ethyl adjacent to an activating group) is 2. The van der Waals surface area contributed by atoms with Crippen molar-refractivity contribution in [1.29, 1.82) is 0 Å². The van der Waals surface area contributed by atoms with Crippen molar-refractivity contribution in [2.45, 2.75) is 150 Å². The van der Waals surface area contributed by atoms with Gasteiger partial charge in [-0.3, -0.25) is 4.84 Å². The van der Waals surface area contributed by atoms with Gasteiger partial charge in [0.1, 0.15) is 5.60 Å². The van der Waals surface area contributed by atoms with Crippen LogP contribution in [0, 0.1) is 40.4 Å². The minimum atomic E-state index is -1.76. The number of carbonyl (C=O) groups is 2. The van der Waals surface area contributed by atoms with E-state index in [0.29, 0.717) is 36.4 Å². The zero-order chi connectivity index (χ0) is 34.5. The molecule has 46 heavy (non-hydrogen) atoms. The quantitative estimate of drug-likeness (QED) is 0.118. The topological polar surface area (TPSA) is 80.7 Å². The average molecular weight is 662 g/mol. The normalized spacial score (nSPS) is 35.0. The van der Waals surface area contributed by atoms with Gasteiger partial charge >= 0.3 is 12.2 Å². The molecular formula is C37H67N3O5Si. The highest BCUT2D eigenvalue weighted by Gasteiger charge is 2.61. The van der Waals surface area contributed by atoms with Crippen molar-refractivity contribution in [3.05, 3.63) is 0 Å². The van der Waals surface area contributed by atoms with Gasteiger partial charge in [-0.2, -0.15) is 0 Å². The van der Waals surface area contributed by atoms with Crippen LogP contribution in [-0.4, -0.2) is 74.9 Å². The zero-order valence-corrected chi connectivity index (χ0v) is 32.6. The van der Waals surface area contributed by atoms with Gasteiger partial charge in [-0.15, -0.1) is 0 Å². The van der Waals surface area contributed by atoms with Crippen LogP contribution in [0.5, 0.6) is 0 Å². The second-order valence-corrected chi connectivity index (χ2v) is 23.3. The van der Waals surface area contributed by atoms with E-state index >= 15 is 0 Å². The van der Waals surface area contributed by atoms with E-state index in [1.165, 1.54) is 61.2 Å². The van der Waals surface area contributed by atoms with Crippen LogP contribution in [0.2, 0.25) is 18.1 Å². The Morgan fingerprint density at radius 1 is 0.826 bits per heavy atom. The van der Waals surface area contributed by atoms with Crippen molar-refractivity contribution >= 4 is 26.2 Å². The number of ether oxygens (including phenoxy) is 1. The lowest BCUT2D eigenvalue weighted by Gasteiger charge is -2.61. The fourth-order valence-electron chi connectivity index (χ4n) is 9.67. The SMILES string of the molecule is C/C(=N\OC(=O)N(C)CCN(C)C(=O)OC(C)(C)C)[C@H]1CC[C@H]2[C@@H]3CCC4C[C@@H](O[Si](C)(C)C(C)(C)C)CC[C@]4(C)[C@H]3CC[C@]12C. The summed E-state index contributed by atoms with van der Waals surface area (Å²) in [7, 11) is 1.59. The van der Waals surface area contributed by atoms with Crippen LogP contribution < -0.4 is 0 Å². The molecule has 0 saturated heterocycles. The third-order valence-electron chi connectivity index (χ3n) is 13.4. The van der Waals surface area contributed by atoms with Gasteiger partial charge in [0.2, 0.25) is 0 Å². The second-order valence-electron chi connectivity index (χ2n) is 18.5. The fourth-order valence-corrected chi connectivity index (χ4v) is 11.1. The van der Waals surface area contributed by atoms with E-state index < -0.39 is 26.1 Å². The summed E-state index contributed by atoms with van der Waals surface area (Å²) in [6.07, 6.45) is 10.9. The van der Waals surface area contributed by atoms with Crippen molar-refractivity contribution in [3.8, 4) is 0 Å². The molecule has 4 aliphatic rings. The lowest BCUT2D eigenvalue weighted by Crippen LogP contribution is -2.55. The van der Waals surface area contributed by atoms with E-state index in [4.69, 9.17) is 14.0 Å². The van der Waals surface area contributed by atoms with E-state index in [0.717, 1.165) is 29.9 Å². The number of carbonyl (C=O) groups excluding carboxylic acids is 2. The third kappa shape index (κ3) is 7.66. The van der Waals surface area contributed by atoms with Gasteiger partial charge < -0.3 is 19.0 Å². The second kappa shape index (κ2) is 13.4. The van der Waals surface area contributed by atoms with Crippen LogP contribution in [-0.2, 0) is 14.0 Å². The van der Waals surface area contributed by atoms with E-state index in [1.54, 1.807) is 14.1 Å². The molecule has 0 heterocycles. The van der Waals surface area contributed by atoms with Crippen LogP contribution in [0.15, 0.2) is 5.16 Å². The summed E-state index contributed by atoms with van der Waals surface area (Å²) < 4.78 is 12.4. The van der Waals surface area contributed by atoms with Crippen LogP contribution in [0.25, 0.3) is 0 Å². The summed E-state index contributed by atoms with van der Waals surface area (Å²) in [5.41, 5.74) is 1.01. The first-order valence-corrected chi connectivity index (χ1v) is 21.1. The highest BCUT2D eigenvalue weighted by atomic mass is 28.4. The number of rotatable bonds is 7. The molecule has 0 aliphatic heterocycles. The molecular weight excluding hydrogens is 595 g/mol. The lowest BCUT2D eigenvalue weighted by molar-refractivity contribution is -0.122. The van der Waals surface area contributed by atoms with Gasteiger partial charge in [-0.1, -0.05) is 39.8 Å². The minimum Gasteiger partial charge on any atom is -0.444 e. The molecule has 0 radical (unpaired) electrons. The standard InChI is InChI=1S/C37H67N3O5Si/c1-25(38-44-33(42)40(11)23-22-39(10)32(41)43-34(2,3)4)29-16-17-30-28-15-14-26-24-27(45-46(12,13)35(5,6)7)18-20-36(26,8)31(28)19-21-37(29,30)9/h26-31H,14-24H2,1-13H3/b38-25+/t26?,27-,28-,29+,30-,31-,36-,37+/m0/s1. The van der Waals surface area contributed by atoms with Gasteiger partial charge in [-0.25, -0.2) is 9.59 Å². The molecule has 0 aromatic heterocycles. The predicted octanol–water partition coefficient (Wildman–Crippen LogP) is 9.35. The Kier molecular flexibility index (Phi) is 10.8. The number of hydrogen-bond acceptors (Lipinski definition) is 6. The first kappa shape index (κ1) is 37.2. The number of hydrogen-bond donors (Lipinski definition) is 0. The predicted molar refractivity (Wildman–Crippen MR) is 188 cm³/mol. The summed E-state index contributed by atoms with van der Waals surface area (Å²) in [5.74, 6) is 3.42. The van der Waals surface area contributed by atoms with E-state index in [9.17, 15) is 9.59 Å². The first-order valence-electron chi connectivity index (χ1n) is 18.2. The highest BCUT2D eigenvalue weighted by molar-refractivity contribution is 6.74. The molecule has 0 N–H and O–H groups in total. The molecule has 0 aromatic rings. The summed E-state index contributed by atoms with van der Waals surface area (Å²) in [5, 5.41) is 4.68. The van der Waals surface area contributed by atoms with E-state index in [1.807, 2.05) is 20.8 Å². The number of nitrogens with zero attached hydrogens (tertiary/aromatic N) is 3. The Balaban J connectivity index is 1.33. The maximum absolute atomic E-state index is 12.8. The van der Waals surface area contributed by atoms with Crippen molar-refractivity contribution in [1.82, 2.24) is 9.80 Å². The van der Waals surface area contributed by atoms with Crippen molar-refractivity contribution in [2.24, 2.45) is 45.6 Å². The largest absolute Gasteiger partial charge is 0.444 e. The van der Waals surface area contributed by atoms with Crippen LogP contribution in [0.1, 0.15) is 120 Å². The summed E-state index contributed by atoms with van der Waals surface area (Å²) >= 11 is 0. The number of oxime groups is 1. The Morgan fingerprint density at radius 2 is 1.41 bits per heavy atom. The smallest absolute Gasteiger partial charge is 0.435 e. The molecule has 8 nitrogen and oxygen atoms in total. The van der Waals surface area contributed by atoms with E-state index in [2.05, 4.69) is 59.8 Å². The fraction of sp³-hybridized carbons (Fsp3) is 0.919. The summed E-state index contributed by atoms with van der Waals surface area (Å²) in [6.45, 7) is 25.3. The van der Waals surface area contributed by atoms with Crippen LogP contribution in [0.4, 0.5) is 9.59 Å². The molecule has 1 unspecified atom stereocenters. The van der Waals surface area contributed by atoms with Crippen LogP contribution >= 0.6 is 0 Å². The first-order chi connectivity index (χ1) is 21.1. The van der Waals surface area contributed by atoms with Gasteiger partial charge in [0.05, 0.1) is 5.71 Å². The highest BCUT2D eigenvalue weighted by Crippen LogP contribution is 2.67. The Labute approximate surface area is 281 Å². The van der Waals surface area contributed by atoms with Gasteiger partial charge in [0, 0.05) is 39.2 Å². The molecule has 0 bridgehead atoms. The summed E-state index contributed by atoms with van der Waals surface area (Å²) in [4.78, 5) is 33.5. The van der Waals surface area contributed by atoms with Crippen molar-refractivity contribution < 1.29 is 23.6 Å². The van der Waals surface area contributed by atoms with Crippen LogP contribution in [0.3, 0.4) is 0 Å².